The maximum absolute atomic E-state index is 5.45. The molecule has 0 radical (unpaired) electrons. The van der Waals surface area contributed by atoms with Gasteiger partial charge in [-0.3, -0.25) is 4.99 Å². The van der Waals surface area contributed by atoms with Gasteiger partial charge in [0.1, 0.15) is 0 Å². The van der Waals surface area contributed by atoms with Crippen molar-refractivity contribution in [1.82, 2.24) is 0 Å². The maximum Gasteiger partial charge on any atom is 0.186 e. The van der Waals surface area contributed by atoms with Gasteiger partial charge in [-0.1, -0.05) is 6.42 Å². The van der Waals surface area contributed by atoms with Gasteiger partial charge >= 0.3 is 0 Å². The van der Waals surface area contributed by atoms with Gasteiger partial charge in [-0.15, -0.1) is 0 Å². The Bertz CT molecular complexity index is 222. The second-order valence-corrected chi connectivity index (χ2v) is 4.48. The molecule has 86 valence electrons. The minimum Gasteiger partial charge on any atom is -0.484 e. The van der Waals surface area contributed by atoms with Crippen molar-refractivity contribution in [2.45, 2.75) is 32.1 Å². The molecule has 1 fully saturated rings. The van der Waals surface area contributed by atoms with Crippen LogP contribution in [0.5, 0.6) is 0 Å². The Balaban J connectivity index is 2.02. The molecule has 0 aromatic rings. The van der Waals surface area contributed by atoms with Crippen LogP contribution in [-0.2, 0) is 9.47 Å². The third-order valence-electron chi connectivity index (χ3n) is 3.55. The topological polar surface area (TPSA) is 30.8 Å². The van der Waals surface area contributed by atoms with Crippen molar-refractivity contribution in [2.24, 2.45) is 16.8 Å². The molecule has 0 N–H and O–H groups in total. The average Bonchev–Trinajstić information content (AvgIpc) is 2.55. The standard InChI is InChI=1S/C12H21NO2/c1-14-12-11(4-2-3-7-13-12)10-5-8-15-9-6-10/h10-11H,2-9H2,1H3/t11-/m0/s1. The fourth-order valence-electron chi connectivity index (χ4n) is 2.68. The molecule has 0 amide bonds. The molecule has 15 heavy (non-hydrogen) atoms. The monoisotopic (exact) mass is 211 g/mol. The van der Waals surface area contributed by atoms with Gasteiger partial charge in [-0.05, 0) is 31.6 Å². The number of methoxy groups -OCH3 is 1. The normalized spacial score (nSPS) is 29.4. The van der Waals surface area contributed by atoms with E-state index in [4.69, 9.17) is 9.47 Å². The average molecular weight is 211 g/mol. The first-order chi connectivity index (χ1) is 7.42. The van der Waals surface area contributed by atoms with Crippen LogP contribution in [0.2, 0.25) is 0 Å². The molecule has 0 bridgehead atoms. The lowest BCUT2D eigenvalue weighted by atomic mass is 9.83. The third-order valence-corrected chi connectivity index (χ3v) is 3.55. The summed E-state index contributed by atoms with van der Waals surface area (Å²) in [6, 6.07) is 0. The number of nitrogens with zero attached hydrogens (tertiary/aromatic N) is 1. The predicted octanol–water partition coefficient (Wildman–Crippen LogP) is 2.26. The zero-order chi connectivity index (χ0) is 10.5. The van der Waals surface area contributed by atoms with Crippen LogP contribution in [0.4, 0.5) is 0 Å². The van der Waals surface area contributed by atoms with Gasteiger partial charge in [-0.2, -0.15) is 0 Å². The lowest BCUT2D eigenvalue weighted by Gasteiger charge is -2.29. The van der Waals surface area contributed by atoms with Crippen LogP contribution in [0.25, 0.3) is 0 Å². The molecule has 2 heterocycles. The highest BCUT2D eigenvalue weighted by molar-refractivity contribution is 5.79. The maximum atomic E-state index is 5.45. The minimum atomic E-state index is 0.557. The Morgan fingerprint density at radius 1 is 1.20 bits per heavy atom. The molecule has 0 unspecified atom stereocenters. The molecule has 0 aromatic heterocycles. The summed E-state index contributed by atoms with van der Waals surface area (Å²) in [7, 11) is 1.76. The molecule has 2 rings (SSSR count). The van der Waals surface area contributed by atoms with Gasteiger partial charge in [0, 0.05) is 25.7 Å². The van der Waals surface area contributed by atoms with Gasteiger partial charge in [0.25, 0.3) is 0 Å². The van der Waals surface area contributed by atoms with E-state index < -0.39 is 0 Å². The Hall–Kier alpha value is -0.570. The number of hydrogen-bond donors (Lipinski definition) is 0. The van der Waals surface area contributed by atoms with Crippen molar-refractivity contribution < 1.29 is 9.47 Å². The molecule has 0 saturated carbocycles. The van der Waals surface area contributed by atoms with Crippen molar-refractivity contribution in [2.75, 3.05) is 26.9 Å². The molecule has 0 spiro atoms. The summed E-state index contributed by atoms with van der Waals surface area (Å²) in [6.45, 7) is 2.78. The predicted molar refractivity (Wildman–Crippen MR) is 60.2 cm³/mol. The highest BCUT2D eigenvalue weighted by atomic mass is 16.5. The van der Waals surface area contributed by atoms with Crippen LogP contribution >= 0.6 is 0 Å². The van der Waals surface area contributed by atoms with Crippen LogP contribution in [0.15, 0.2) is 4.99 Å². The van der Waals surface area contributed by atoms with Crippen LogP contribution in [0.1, 0.15) is 32.1 Å². The van der Waals surface area contributed by atoms with Gasteiger partial charge in [0.05, 0.1) is 7.11 Å². The Kier molecular flexibility index (Phi) is 4.01. The molecule has 1 atom stereocenters. The molecule has 3 heteroatoms. The molecular weight excluding hydrogens is 190 g/mol. The SMILES string of the molecule is COC1=NCCCC[C@H]1C1CCOCC1. The summed E-state index contributed by atoms with van der Waals surface area (Å²) in [6.07, 6.45) is 6.10. The molecule has 2 aliphatic rings. The highest BCUT2D eigenvalue weighted by Crippen LogP contribution is 2.30. The van der Waals surface area contributed by atoms with Crippen molar-refractivity contribution in [3.8, 4) is 0 Å². The molecule has 0 aromatic carbocycles. The Morgan fingerprint density at radius 2 is 2.00 bits per heavy atom. The molecule has 0 aliphatic carbocycles. The lowest BCUT2D eigenvalue weighted by Crippen LogP contribution is -2.29. The van der Waals surface area contributed by atoms with Crippen molar-refractivity contribution in [3.63, 3.8) is 0 Å². The summed E-state index contributed by atoms with van der Waals surface area (Å²) < 4.78 is 10.9. The second kappa shape index (κ2) is 5.50. The van der Waals surface area contributed by atoms with E-state index >= 15 is 0 Å². The van der Waals surface area contributed by atoms with Gasteiger partial charge < -0.3 is 9.47 Å². The van der Waals surface area contributed by atoms with Crippen LogP contribution < -0.4 is 0 Å². The van der Waals surface area contributed by atoms with Gasteiger partial charge in [0.15, 0.2) is 5.90 Å². The molecule has 2 aliphatic heterocycles. The number of aliphatic imine (C=N–C) groups is 1. The van der Waals surface area contributed by atoms with Crippen molar-refractivity contribution >= 4 is 5.90 Å². The fourth-order valence-corrected chi connectivity index (χ4v) is 2.68. The van der Waals surface area contributed by atoms with E-state index in [1.807, 2.05) is 0 Å². The summed E-state index contributed by atoms with van der Waals surface area (Å²) in [5.41, 5.74) is 0. The number of hydrogen-bond acceptors (Lipinski definition) is 3. The van der Waals surface area contributed by atoms with E-state index in [-0.39, 0.29) is 0 Å². The van der Waals surface area contributed by atoms with Crippen molar-refractivity contribution in [3.05, 3.63) is 0 Å². The minimum absolute atomic E-state index is 0.557. The van der Waals surface area contributed by atoms with E-state index in [2.05, 4.69) is 4.99 Å². The van der Waals surface area contributed by atoms with Crippen LogP contribution in [-0.4, -0.2) is 32.8 Å². The first-order valence-electron chi connectivity index (χ1n) is 6.08. The third kappa shape index (κ3) is 2.71. The number of rotatable bonds is 1. The summed E-state index contributed by atoms with van der Waals surface area (Å²) in [4.78, 5) is 4.55. The first kappa shape index (κ1) is 10.9. The van der Waals surface area contributed by atoms with E-state index in [1.165, 1.54) is 32.1 Å². The summed E-state index contributed by atoms with van der Waals surface area (Å²) >= 11 is 0. The van der Waals surface area contributed by atoms with E-state index in [0.29, 0.717) is 5.92 Å². The zero-order valence-electron chi connectivity index (χ0n) is 9.58. The zero-order valence-corrected chi connectivity index (χ0v) is 9.58. The van der Waals surface area contributed by atoms with E-state index in [1.54, 1.807) is 7.11 Å². The van der Waals surface area contributed by atoms with E-state index in [0.717, 1.165) is 31.6 Å². The lowest BCUT2D eigenvalue weighted by molar-refractivity contribution is 0.0522. The quantitative estimate of drug-likeness (QED) is 0.666. The second-order valence-electron chi connectivity index (χ2n) is 4.48. The molecule has 3 nitrogen and oxygen atoms in total. The Labute approximate surface area is 91.9 Å². The molecular formula is C12H21NO2. The summed E-state index contributed by atoms with van der Waals surface area (Å²) in [5.74, 6) is 2.29. The van der Waals surface area contributed by atoms with Crippen molar-refractivity contribution in [1.29, 1.82) is 0 Å². The van der Waals surface area contributed by atoms with Gasteiger partial charge in [-0.25, -0.2) is 0 Å². The number of ether oxygens (including phenoxy) is 2. The molecule has 1 saturated heterocycles. The van der Waals surface area contributed by atoms with E-state index in [9.17, 15) is 0 Å². The van der Waals surface area contributed by atoms with Crippen LogP contribution in [0, 0.1) is 11.8 Å². The largest absolute Gasteiger partial charge is 0.484 e. The highest BCUT2D eigenvalue weighted by Gasteiger charge is 2.29. The van der Waals surface area contributed by atoms with Crippen LogP contribution in [0.3, 0.4) is 0 Å². The Morgan fingerprint density at radius 3 is 2.73 bits per heavy atom. The summed E-state index contributed by atoms with van der Waals surface area (Å²) in [5, 5.41) is 0. The fraction of sp³-hybridized carbons (Fsp3) is 0.917. The van der Waals surface area contributed by atoms with Gasteiger partial charge in [0.2, 0.25) is 0 Å². The first-order valence-corrected chi connectivity index (χ1v) is 6.08. The smallest absolute Gasteiger partial charge is 0.186 e.